The molecule has 1 amide bonds. The van der Waals surface area contributed by atoms with Crippen LogP contribution in [0.2, 0.25) is 0 Å². The number of hydrogen-bond acceptors (Lipinski definition) is 5. The number of benzene rings is 1. The standard InChI is InChI=1S/C24H25FN4O3/c1-24(2,3)32-23(31)28-14-19(10-13-30)29-20(15-28)21(16-8-11-26-12-9-16)22(27-29)17-4-6-18(25)7-5-17/h4-9,11-13,19H,10,14-15H2,1-3H3. The molecule has 0 aliphatic carbocycles. The van der Waals surface area contributed by atoms with Crippen molar-refractivity contribution in [3.05, 3.63) is 60.3 Å². The minimum atomic E-state index is -0.637. The Labute approximate surface area is 185 Å². The lowest BCUT2D eigenvalue weighted by atomic mass is 9.98. The van der Waals surface area contributed by atoms with Gasteiger partial charge in [0.2, 0.25) is 0 Å². The summed E-state index contributed by atoms with van der Waals surface area (Å²) < 4.78 is 21.0. The molecule has 0 fully saturated rings. The van der Waals surface area contributed by atoms with Gasteiger partial charge >= 0.3 is 6.09 Å². The molecule has 0 bridgehead atoms. The van der Waals surface area contributed by atoms with Gasteiger partial charge in [0, 0.05) is 36.5 Å². The summed E-state index contributed by atoms with van der Waals surface area (Å²) in [5.41, 5.74) is 3.25. The van der Waals surface area contributed by atoms with Crippen LogP contribution in [-0.2, 0) is 16.1 Å². The number of amides is 1. The first-order valence-electron chi connectivity index (χ1n) is 10.5. The van der Waals surface area contributed by atoms with Gasteiger partial charge in [-0.1, -0.05) is 0 Å². The summed E-state index contributed by atoms with van der Waals surface area (Å²) in [6, 6.07) is 9.53. The molecule has 0 saturated carbocycles. The van der Waals surface area contributed by atoms with Gasteiger partial charge in [0.25, 0.3) is 0 Å². The largest absolute Gasteiger partial charge is 0.444 e. The van der Waals surface area contributed by atoms with Crippen LogP contribution in [0.15, 0.2) is 48.8 Å². The number of halogens is 1. The van der Waals surface area contributed by atoms with Crippen molar-refractivity contribution in [2.24, 2.45) is 0 Å². The van der Waals surface area contributed by atoms with Crippen LogP contribution in [0.4, 0.5) is 9.18 Å². The van der Waals surface area contributed by atoms with E-state index in [0.717, 1.165) is 28.7 Å². The third-order valence-corrected chi connectivity index (χ3v) is 5.23. The molecule has 0 spiro atoms. The number of aldehydes is 1. The second-order valence-corrected chi connectivity index (χ2v) is 8.77. The number of aromatic nitrogens is 3. The molecule has 1 atom stereocenters. The highest BCUT2D eigenvalue weighted by Gasteiger charge is 2.35. The summed E-state index contributed by atoms with van der Waals surface area (Å²) in [6.45, 7) is 6.03. The summed E-state index contributed by atoms with van der Waals surface area (Å²) in [5.74, 6) is -0.335. The van der Waals surface area contributed by atoms with Crippen LogP contribution < -0.4 is 0 Å². The van der Waals surface area contributed by atoms with Crippen LogP contribution in [-0.4, -0.2) is 44.2 Å². The Kier molecular flexibility index (Phi) is 5.78. The van der Waals surface area contributed by atoms with Gasteiger partial charge in [0.15, 0.2) is 0 Å². The van der Waals surface area contributed by atoms with E-state index in [0.29, 0.717) is 12.2 Å². The number of rotatable bonds is 4. The zero-order chi connectivity index (χ0) is 22.9. The molecule has 1 aromatic carbocycles. The van der Waals surface area contributed by atoms with Crippen molar-refractivity contribution >= 4 is 12.4 Å². The molecule has 1 aliphatic heterocycles. The molecule has 2 aromatic heterocycles. The third-order valence-electron chi connectivity index (χ3n) is 5.23. The van der Waals surface area contributed by atoms with E-state index in [-0.39, 0.29) is 24.8 Å². The van der Waals surface area contributed by atoms with Gasteiger partial charge in [-0.3, -0.25) is 9.67 Å². The number of pyridine rings is 1. The molecule has 166 valence electrons. The Bertz CT molecular complexity index is 1120. The molecule has 8 heteroatoms. The molecule has 1 unspecified atom stereocenters. The Balaban J connectivity index is 1.86. The molecular formula is C24H25FN4O3. The highest BCUT2D eigenvalue weighted by atomic mass is 19.1. The van der Waals surface area contributed by atoms with E-state index >= 15 is 0 Å². The zero-order valence-electron chi connectivity index (χ0n) is 18.3. The maximum Gasteiger partial charge on any atom is 0.410 e. The van der Waals surface area contributed by atoms with E-state index in [1.165, 1.54) is 12.1 Å². The second-order valence-electron chi connectivity index (χ2n) is 8.77. The lowest BCUT2D eigenvalue weighted by molar-refractivity contribution is -0.108. The molecular weight excluding hydrogens is 411 g/mol. The van der Waals surface area contributed by atoms with Gasteiger partial charge in [-0.25, -0.2) is 9.18 Å². The van der Waals surface area contributed by atoms with Crippen LogP contribution in [0.25, 0.3) is 22.4 Å². The van der Waals surface area contributed by atoms with Gasteiger partial charge in [0.05, 0.1) is 18.3 Å². The van der Waals surface area contributed by atoms with Crippen LogP contribution in [0.5, 0.6) is 0 Å². The van der Waals surface area contributed by atoms with E-state index in [4.69, 9.17) is 9.84 Å². The van der Waals surface area contributed by atoms with Crippen molar-refractivity contribution in [3.8, 4) is 22.4 Å². The Morgan fingerprint density at radius 1 is 1.16 bits per heavy atom. The van der Waals surface area contributed by atoms with Crippen LogP contribution in [0, 0.1) is 5.82 Å². The van der Waals surface area contributed by atoms with E-state index < -0.39 is 11.7 Å². The molecule has 0 N–H and O–H groups in total. The molecule has 32 heavy (non-hydrogen) atoms. The molecule has 0 saturated heterocycles. The number of hydrogen-bond donors (Lipinski definition) is 0. The highest BCUT2D eigenvalue weighted by molar-refractivity contribution is 5.83. The molecule has 4 rings (SSSR count). The van der Waals surface area contributed by atoms with Crippen molar-refractivity contribution in [1.29, 1.82) is 0 Å². The molecule has 3 aromatic rings. The fraction of sp³-hybridized carbons (Fsp3) is 0.333. The minimum Gasteiger partial charge on any atom is -0.444 e. The van der Waals surface area contributed by atoms with Gasteiger partial charge in [-0.2, -0.15) is 5.10 Å². The van der Waals surface area contributed by atoms with Crippen LogP contribution >= 0.6 is 0 Å². The maximum absolute atomic E-state index is 13.6. The number of carbonyl (C=O) groups excluding carboxylic acids is 2. The van der Waals surface area contributed by atoms with Crippen molar-refractivity contribution < 1.29 is 18.7 Å². The number of ether oxygens (including phenoxy) is 1. The normalized spacial score (nSPS) is 15.9. The number of fused-ring (bicyclic) bond motifs is 1. The Morgan fingerprint density at radius 3 is 2.47 bits per heavy atom. The van der Waals surface area contributed by atoms with E-state index in [9.17, 15) is 14.0 Å². The van der Waals surface area contributed by atoms with Crippen LogP contribution in [0.1, 0.15) is 38.9 Å². The monoisotopic (exact) mass is 436 g/mol. The maximum atomic E-state index is 13.6. The van der Waals surface area contributed by atoms with Crippen molar-refractivity contribution in [2.45, 2.75) is 45.4 Å². The topological polar surface area (TPSA) is 77.3 Å². The lowest BCUT2D eigenvalue weighted by Crippen LogP contribution is -2.44. The van der Waals surface area contributed by atoms with Crippen LogP contribution in [0.3, 0.4) is 0 Å². The average Bonchev–Trinajstić information content (AvgIpc) is 3.13. The van der Waals surface area contributed by atoms with Gasteiger partial charge in [-0.15, -0.1) is 0 Å². The van der Waals surface area contributed by atoms with E-state index in [2.05, 4.69) is 4.98 Å². The average molecular weight is 436 g/mol. The highest BCUT2D eigenvalue weighted by Crippen LogP contribution is 2.39. The first-order chi connectivity index (χ1) is 15.3. The summed E-state index contributed by atoms with van der Waals surface area (Å²) in [5, 5.41) is 4.83. The molecule has 0 radical (unpaired) electrons. The molecule has 1 aliphatic rings. The molecule has 7 nitrogen and oxygen atoms in total. The predicted octanol–water partition coefficient (Wildman–Crippen LogP) is 4.63. The van der Waals surface area contributed by atoms with Gasteiger partial charge in [-0.05, 0) is 62.7 Å². The van der Waals surface area contributed by atoms with E-state index in [1.807, 2.05) is 37.6 Å². The van der Waals surface area contributed by atoms with Crippen molar-refractivity contribution in [1.82, 2.24) is 19.7 Å². The first-order valence-corrected chi connectivity index (χ1v) is 10.5. The smallest absolute Gasteiger partial charge is 0.410 e. The Hall–Kier alpha value is -3.55. The SMILES string of the molecule is CC(C)(C)OC(=O)N1Cc2c(-c3ccncc3)c(-c3ccc(F)cc3)nn2C(CC=O)C1. The number of nitrogens with zero attached hydrogens (tertiary/aromatic N) is 4. The minimum absolute atomic E-state index is 0.201. The quantitative estimate of drug-likeness (QED) is 0.557. The summed E-state index contributed by atoms with van der Waals surface area (Å²) >= 11 is 0. The van der Waals surface area contributed by atoms with Gasteiger partial charge < -0.3 is 14.4 Å². The zero-order valence-corrected chi connectivity index (χ0v) is 18.3. The van der Waals surface area contributed by atoms with E-state index in [1.54, 1.807) is 29.4 Å². The third kappa shape index (κ3) is 4.39. The number of carbonyl (C=O) groups is 2. The summed E-state index contributed by atoms with van der Waals surface area (Å²) in [6.07, 6.45) is 3.96. The van der Waals surface area contributed by atoms with Gasteiger partial charge in [0.1, 0.15) is 23.4 Å². The van der Waals surface area contributed by atoms with Crippen molar-refractivity contribution in [2.75, 3.05) is 6.54 Å². The fourth-order valence-electron chi connectivity index (χ4n) is 3.88. The first kappa shape index (κ1) is 21.7. The Morgan fingerprint density at radius 2 is 1.84 bits per heavy atom. The fourth-order valence-corrected chi connectivity index (χ4v) is 3.88. The summed E-state index contributed by atoms with van der Waals surface area (Å²) in [7, 11) is 0. The predicted molar refractivity (Wildman–Crippen MR) is 117 cm³/mol. The lowest BCUT2D eigenvalue weighted by Gasteiger charge is -2.34. The summed E-state index contributed by atoms with van der Waals surface area (Å²) in [4.78, 5) is 30.0. The second kappa shape index (κ2) is 8.53. The van der Waals surface area contributed by atoms with Crippen molar-refractivity contribution in [3.63, 3.8) is 0 Å². The molecule has 3 heterocycles.